The molecule has 1 heterocycles. The van der Waals surface area contributed by atoms with Crippen molar-refractivity contribution in [2.75, 3.05) is 13.7 Å². The van der Waals surface area contributed by atoms with Gasteiger partial charge in [0.1, 0.15) is 6.61 Å². The summed E-state index contributed by atoms with van der Waals surface area (Å²) in [6, 6.07) is 0. The first-order valence-electron chi connectivity index (χ1n) is 5.89. The van der Waals surface area contributed by atoms with Crippen LogP contribution in [0.3, 0.4) is 0 Å². The number of hydrogen-bond donors (Lipinski definition) is 0. The largest absolute Gasteiger partial charge is 0.353 e. The van der Waals surface area contributed by atoms with Gasteiger partial charge in [0.2, 0.25) is 0 Å². The zero-order valence-electron chi connectivity index (χ0n) is 10.5. The van der Waals surface area contributed by atoms with Crippen LogP contribution in [0.4, 0.5) is 0 Å². The second kappa shape index (κ2) is 6.87. The van der Waals surface area contributed by atoms with Crippen molar-refractivity contribution < 1.29 is 14.2 Å². The Morgan fingerprint density at radius 2 is 2.38 bits per heavy atom. The van der Waals surface area contributed by atoms with Crippen molar-refractivity contribution >= 4 is 0 Å². The fraction of sp³-hybridized carbons (Fsp3) is 0.769. The van der Waals surface area contributed by atoms with Crippen LogP contribution in [0.25, 0.3) is 0 Å². The summed E-state index contributed by atoms with van der Waals surface area (Å²) >= 11 is 0. The van der Waals surface area contributed by atoms with E-state index < -0.39 is 0 Å². The Labute approximate surface area is 98.1 Å². The molecule has 1 rings (SSSR count). The normalized spacial score (nSPS) is 26.4. The smallest absolute Gasteiger partial charge is 0.190 e. The molecular weight excluding hydrogens is 204 g/mol. The Hall–Kier alpha value is -0.600. The number of rotatable bonds is 6. The van der Waals surface area contributed by atoms with Crippen molar-refractivity contribution in [2.24, 2.45) is 5.92 Å². The van der Waals surface area contributed by atoms with E-state index in [0.717, 1.165) is 12.0 Å². The van der Waals surface area contributed by atoms with Crippen LogP contribution in [0, 0.1) is 5.92 Å². The highest BCUT2D eigenvalue weighted by Gasteiger charge is 2.29. The third-order valence-corrected chi connectivity index (χ3v) is 2.78. The minimum Gasteiger partial charge on any atom is -0.353 e. The average molecular weight is 226 g/mol. The van der Waals surface area contributed by atoms with Gasteiger partial charge in [-0.1, -0.05) is 33.3 Å². The van der Waals surface area contributed by atoms with Crippen LogP contribution in [0.15, 0.2) is 17.9 Å². The molecule has 3 nitrogen and oxygen atoms in total. The van der Waals surface area contributed by atoms with Crippen LogP contribution in [-0.2, 0) is 14.2 Å². The van der Waals surface area contributed by atoms with Gasteiger partial charge in [-0.05, 0) is 12.3 Å². The van der Waals surface area contributed by atoms with Gasteiger partial charge in [-0.25, -0.2) is 0 Å². The molecule has 1 aliphatic rings. The molecule has 0 aliphatic carbocycles. The van der Waals surface area contributed by atoms with E-state index in [1.165, 1.54) is 12.8 Å². The summed E-state index contributed by atoms with van der Waals surface area (Å²) in [5.74, 6) is 0.614. The van der Waals surface area contributed by atoms with E-state index in [2.05, 4.69) is 26.2 Å². The molecular formula is C13H22O3. The summed E-state index contributed by atoms with van der Waals surface area (Å²) in [4.78, 5) is 0. The van der Waals surface area contributed by atoms with Gasteiger partial charge in [-0.2, -0.15) is 0 Å². The van der Waals surface area contributed by atoms with Gasteiger partial charge in [0.25, 0.3) is 0 Å². The Balaban J connectivity index is 2.47. The molecule has 92 valence electrons. The van der Waals surface area contributed by atoms with E-state index >= 15 is 0 Å². The second-order valence-corrected chi connectivity index (χ2v) is 4.27. The first-order valence-corrected chi connectivity index (χ1v) is 5.89. The molecule has 0 N–H and O–H groups in total. The average Bonchev–Trinajstić information content (AvgIpc) is 2.74. The van der Waals surface area contributed by atoms with E-state index in [9.17, 15) is 0 Å². The quantitative estimate of drug-likeness (QED) is 0.652. The first kappa shape index (κ1) is 13.5. The molecule has 0 saturated carbocycles. The van der Waals surface area contributed by atoms with Gasteiger partial charge in [-0.15, -0.1) is 5.73 Å². The lowest BCUT2D eigenvalue weighted by molar-refractivity contribution is -0.116. The molecule has 0 aromatic rings. The van der Waals surface area contributed by atoms with Crippen LogP contribution in [0.5, 0.6) is 0 Å². The highest BCUT2D eigenvalue weighted by atomic mass is 16.8. The molecule has 1 aliphatic heterocycles. The van der Waals surface area contributed by atoms with Gasteiger partial charge in [0.15, 0.2) is 12.6 Å². The minimum absolute atomic E-state index is 0.255. The van der Waals surface area contributed by atoms with Gasteiger partial charge in [0, 0.05) is 12.7 Å². The monoisotopic (exact) mass is 226 g/mol. The summed E-state index contributed by atoms with van der Waals surface area (Å²) in [5.41, 5.74) is 3.94. The maximum atomic E-state index is 5.56. The van der Waals surface area contributed by atoms with E-state index in [1.54, 1.807) is 7.11 Å². The minimum atomic E-state index is -0.318. The van der Waals surface area contributed by atoms with Gasteiger partial charge in [0.05, 0.1) is 0 Å². The third-order valence-electron chi connectivity index (χ3n) is 2.78. The molecule has 3 atom stereocenters. The molecule has 0 amide bonds. The van der Waals surface area contributed by atoms with Crippen molar-refractivity contribution in [1.29, 1.82) is 0 Å². The molecule has 16 heavy (non-hydrogen) atoms. The van der Waals surface area contributed by atoms with E-state index in [0.29, 0.717) is 12.5 Å². The van der Waals surface area contributed by atoms with Gasteiger partial charge >= 0.3 is 0 Å². The lowest BCUT2D eigenvalue weighted by atomic mass is 9.97. The Kier molecular flexibility index (Phi) is 5.78. The van der Waals surface area contributed by atoms with Crippen LogP contribution < -0.4 is 0 Å². The van der Waals surface area contributed by atoms with Crippen molar-refractivity contribution in [1.82, 2.24) is 0 Å². The van der Waals surface area contributed by atoms with Crippen molar-refractivity contribution in [2.45, 2.75) is 45.7 Å². The van der Waals surface area contributed by atoms with Crippen molar-refractivity contribution in [3.63, 3.8) is 0 Å². The summed E-state index contributed by atoms with van der Waals surface area (Å²) in [6.45, 7) is 8.61. The highest BCUT2D eigenvalue weighted by Crippen LogP contribution is 2.25. The molecule has 1 fully saturated rings. The Bertz CT molecular complexity index is 256. The lowest BCUT2D eigenvalue weighted by Gasteiger charge is -2.16. The molecule has 0 spiro atoms. The third kappa shape index (κ3) is 3.76. The molecule has 0 radical (unpaired) electrons. The fourth-order valence-corrected chi connectivity index (χ4v) is 1.91. The molecule has 0 bridgehead atoms. The lowest BCUT2D eigenvalue weighted by Crippen LogP contribution is -2.16. The van der Waals surface area contributed by atoms with E-state index in [1.807, 2.05) is 0 Å². The van der Waals surface area contributed by atoms with Crippen LogP contribution >= 0.6 is 0 Å². The maximum Gasteiger partial charge on any atom is 0.190 e. The Morgan fingerprint density at radius 1 is 1.62 bits per heavy atom. The van der Waals surface area contributed by atoms with E-state index in [4.69, 9.17) is 14.2 Å². The number of methoxy groups -OCH3 is 1. The maximum absolute atomic E-state index is 5.56. The molecule has 1 saturated heterocycles. The van der Waals surface area contributed by atoms with Crippen molar-refractivity contribution in [3.8, 4) is 0 Å². The summed E-state index contributed by atoms with van der Waals surface area (Å²) in [6.07, 6.45) is 2.75. The summed E-state index contributed by atoms with van der Waals surface area (Å²) < 4.78 is 16.1. The zero-order valence-corrected chi connectivity index (χ0v) is 10.5. The van der Waals surface area contributed by atoms with Gasteiger partial charge < -0.3 is 14.2 Å². The van der Waals surface area contributed by atoms with E-state index in [-0.39, 0.29) is 12.6 Å². The Morgan fingerprint density at radius 3 is 2.88 bits per heavy atom. The molecule has 3 unspecified atom stereocenters. The van der Waals surface area contributed by atoms with Crippen LogP contribution in [0.2, 0.25) is 0 Å². The van der Waals surface area contributed by atoms with Crippen LogP contribution in [-0.4, -0.2) is 26.3 Å². The van der Waals surface area contributed by atoms with Crippen LogP contribution in [0.1, 0.15) is 33.1 Å². The molecule has 3 heteroatoms. The second-order valence-electron chi connectivity index (χ2n) is 4.27. The standard InChI is InChI=1S/C13H22O3/c1-5-7-10(3)8-11(6-2)13-15-9-12(14-4)16-13/h10,12-13H,2,5,7-9H2,1,3-4H3. The fourth-order valence-electron chi connectivity index (χ4n) is 1.91. The zero-order chi connectivity index (χ0) is 12.0. The first-order chi connectivity index (χ1) is 7.71. The highest BCUT2D eigenvalue weighted by molar-refractivity contribution is 5.05. The summed E-state index contributed by atoms with van der Waals surface area (Å²) in [7, 11) is 1.62. The molecule has 0 aromatic heterocycles. The SMILES string of the molecule is C=C=C(CC(C)CCC)C1OCC(OC)O1. The van der Waals surface area contributed by atoms with Gasteiger partial charge in [-0.3, -0.25) is 0 Å². The predicted molar refractivity (Wildman–Crippen MR) is 63.0 cm³/mol. The topological polar surface area (TPSA) is 27.7 Å². The van der Waals surface area contributed by atoms with Crippen molar-refractivity contribution in [3.05, 3.63) is 17.9 Å². The molecule has 0 aromatic carbocycles. The number of ether oxygens (including phenoxy) is 3. The predicted octanol–water partition coefficient (Wildman–Crippen LogP) is 2.87. The number of hydrogen-bond acceptors (Lipinski definition) is 3. The summed E-state index contributed by atoms with van der Waals surface area (Å²) in [5, 5.41) is 0.